The molecule has 1 N–H and O–H groups in total. The number of carbonyl (C=O) groups is 1. The summed E-state index contributed by atoms with van der Waals surface area (Å²) in [5.74, 6) is 0.529. The number of hydrogen-bond acceptors (Lipinski definition) is 3. The zero-order valence-corrected chi connectivity index (χ0v) is 10.8. The first-order valence-electron chi connectivity index (χ1n) is 5.71. The molecule has 0 saturated carbocycles. The average molecular weight is 249 g/mol. The minimum Gasteiger partial charge on any atom is -0.389 e. The van der Waals surface area contributed by atoms with Crippen LogP contribution in [0.25, 0.3) is 0 Å². The van der Waals surface area contributed by atoms with Crippen LogP contribution in [0.4, 0.5) is 0 Å². The summed E-state index contributed by atoms with van der Waals surface area (Å²) in [5, 5.41) is 9.69. The predicted molar refractivity (Wildman–Crippen MR) is 64.7 cm³/mol. The highest BCUT2D eigenvalue weighted by Crippen LogP contribution is 2.09. The predicted octanol–water partition coefficient (Wildman–Crippen LogP) is 0.530. The minimum atomic E-state index is -0.664. The van der Waals surface area contributed by atoms with Crippen LogP contribution in [0.3, 0.4) is 0 Å². The number of alkyl halides is 1. The van der Waals surface area contributed by atoms with Gasteiger partial charge in [0.15, 0.2) is 0 Å². The van der Waals surface area contributed by atoms with Crippen LogP contribution in [0.15, 0.2) is 0 Å². The third-order valence-corrected chi connectivity index (χ3v) is 2.83. The van der Waals surface area contributed by atoms with E-state index >= 15 is 0 Å². The molecule has 0 aromatic heterocycles. The second-order valence-corrected chi connectivity index (χ2v) is 5.29. The Balaban J connectivity index is 2.31. The fourth-order valence-electron chi connectivity index (χ4n) is 1.94. The summed E-state index contributed by atoms with van der Waals surface area (Å²) >= 11 is 5.54. The first-order chi connectivity index (χ1) is 7.42. The third kappa shape index (κ3) is 4.68. The molecule has 0 aromatic carbocycles. The van der Waals surface area contributed by atoms with Gasteiger partial charge in [0.1, 0.15) is 0 Å². The van der Waals surface area contributed by atoms with Crippen molar-refractivity contribution in [3.63, 3.8) is 0 Å². The molecule has 0 radical (unpaired) electrons. The topological polar surface area (TPSA) is 43.8 Å². The Morgan fingerprint density at radius 2 is 1.88 bits per heavy atom. The summed E-state index contributed by atoms with van der Waals surface area (Å²) in [4.78, 5) is 15.6. The molecule has 0 unspecified atom stereocenters. The number of β-amino-alcohol motifs (C(OH)–C–C–N with tert-alkyl or cyclic N) is 1. The Hall–Kier alpha value is -0.320. The lowest BCUT2D eigenvalue weighted by atomic mass is 10.1. The fraction of sp³-hybridized carbons (Fsp3) is 0.909. The van der Waals surface area contributed by atoms with Crippen molar-refractivity contribution in [1.29, 1.82) is 0 Å². The lowest BCUT2D eigenvalue weighted by molar-refractivity contribution is -0.132. The molecule has 0 atom stereocenters. The molecule has 1 saturated heterocycles. The van der Waals surface area contributed by atoms with Crippen molar-refractivity contribution in [3.05, 3.63) is 0 Å². The van der Waals surface area contributed by atoms with E-state index in [1.165, 1.54) is 0 Å². The summed E-state index contributed by atoms with van der Waals surface area (Å²) in [6.45, 7) is 7.41. The van der Waals surface area contributed by atoms with E-state index < -0.39 is 5.60 Å². The molecule has 16 heavy (non-hydrogen) atoms. The van der Waals surface area contributed by atoms with E-state index in [1.807, 2.05) is 4.90 Å². The molecule has 1 amide bonds. The van der Waals surface area contributed by atoms with Crippen molar-refractivity contribution in [2.45, 2.75) is 25.9 Å². The largest absolute Gasteiger partial charge is 0.389 e. The van der Waals surface area contributed by atoms with Gasteiger partial charge in [0.2, 0.25) is 5.91 Å². The first-order valence-corrected chi connectivity index (χ1v) is 6.24. The van der Waals surface area contributed by atoms with E-state index in [9.17, 15) is 9.90 Å². The molecule has 0 aromatic rings. The van der Waals surface area contributed by atoms with Crippen molar-refractivity contribution in [2.75, 3.05) is 38.6 Å². The van der Waals surface area contributed by atoms with Gasteiger partial charge in [0, 0.05) is 45.0 Å². The van der Waals surface area contributed by atoms with E-state index in [4.69, 9.17) is 11.6 Å². The summed E-state index contributed by atoms with van der Waals surface area (Å²) < 4.78 is 0. The Bertz CT molecular complexity index is 233. The molecule has 1 aliphatic rings. The normalized spacial score (nSPS) is 18.9. The van der Waals surface area contributed by atoms with Crippen LogP contribution in [0, 0.1) is 0 Å². The van der Waals surface area contributed by atoms with Gasteiger partial charge in [-0.05, 0) is 13.8 Å². The smallest absolute Gasteiger partial charge is 0.223 e. The number of carbonyl (C=O) groups excluding carboxylic acids is 1. The van der Waals surface area contributed by atoms with Crippen LogP contribution in [-0.2, 0) is 4.79 Å². The number of piperazine rings is 1. The highest BCUT2D eigenvalue weighted by atomic mass is 35.5. The molecule has 0 bridgehead atoms. The SMILES string of the molecule is CC(C)(O)CN1CCN(C(=O)CCCl)CC1. The van der Waals surface area contributed by atoms with E-state index in [0.717, 1.165) is 26.2 Å². The Morgan fingerprint density at radius 1 is 1.31 bits per heavy atom. The van der Waals surface area contributed by atoms with Crippen molar-refractivity contribution >= 4 is 17.5 Å². The molecule has 1 rings (SSSR count). The van der Waals surface area contributed by atoms with E-state index in [-0.39, 0.29) is 5.91 Å². The first kappa shape index (κ1) is 13.7. The lowest BCUT2D eigenvalue weighted by Gasteiger charge is -2.37. The number of amides is 1. The number of hydrogen-bond donors (Lipinski definition) is 1. The van der Waals surface area contributed by atoms with E-state index in [2.05, 4.69) is 4.90 Å². The number of halogens is 1. The third-order valence-electron chi connectivity index (χ3n) is 2.64. The van der Waals surface area contributed by atoms with Crippen molar-refractivity contribution in [2.24, 2.45) is 0 Å². The van der Waals surface area contributed by atoms with Crippen LogP contribution < -0.4 is 0 Å². The van der Waals surface area contributed by atoms with Gasteiger partial charge in [0.25, 0.3) is 0 Å². The summed E-state index contributed by atoms with van der Waals surface area (Å²) in [6.07, 6.45) is 0.424. The zero-order chi connectivity index (χ0) is 12.2. The summed E-state index contributed by atoms with van der Waals surface area (Å²) in [6, 6.07) is 0. The molecule has 1 fully saturated rings. The monoisotopic (exact) mass is 248 g/mol. The van der Waals surface area contributed by atoms with Gasteiger partial charge in [-0.1, -0.05) is 0 Å². The van der Waals surface area contributed by atoms with Gasteiger partial charge in [-0.25, -0.2) is 0 Å². The van der Waals surface area contributed by atoms with Crippen molar-refractivity contribution in [3.8, 4) is 0 Å². The van der Waals surface area contributed by atoms with E-state index in [0.29, 0.717) is 18.8 Å². The van der Waals surface area contributed by atoms with Crippen LogP contribution in [0.2, 0.25) is 0 Å². The zero-order valence-electron chi connectivity index (χ0n) is 10.1. The van der Waals surface area contributed by atoms with Gasteiger partial charge in [-0.2, -0.15) is 0 Å². The molecule has 0 spiro atoms. The number of nitrogens with zero attached hydrogens (tertiary/aromatic N) is 2. The molecular weight excluding hydrogens is 228 g/mol. The van der Waals surface area contributed by atoms with Crippen molar-refractivity contribution in [1.82, 2.24) is 9.80 Å². The maximum absolute atomic E-state index is 11.6. The second kappa shape index (κ2) is 5.84. The summed E-state index contributed by atoms with van der Waals surface area (Å²) in [7, 11) is 0. The Morgan fingerprint density at radius 3 is 2.31 bits per heavy atom. The number of aliphatic hydroxyl groups is 1. The highest BCUT2D eigenvalue weighted by Gasteiger charge is 2.24. The quantitative estimate of drug-likeness (QED) is 0.739. The van der Waals surface area contributed by atoms with Crippen LogP contribution in [-0.4, -0.2) is 65.0 Å². The second-order valence-electron chi connectivity index (χ2n) is 4.91. The van der Waals surface area contributed by atoms with Gasteiger partial charge in [-0.3, -0.25) is 9.69 Å². The maximum atomic E-state index is 11.6. The van der Waals surface area contributed by atoms with Gasteiger partial charge >= 0.3 is 0 Å². The standard InChI is InChI=1S/C11H21ClN2O2/c1-11(2,16)9-13-5-7-14(8-6-13)10(15)3-4-12/h16H,3-9H2,1-2H3. The molecule has 5 heteroatoms. The van der Waals surface area contributed by atoms with Crippen LogP contribution in [0.5, 0.6) is 0 Å². The van der Waals surface area contributed by atoms with Gasteiger partial charge in [0.05, 0.1) is 5.60 Å². The number of rotatable bonds is 4. The van der Waals surface area contributed by atoms with Crippen LogP contribution >= 0.6 is 11.6 Å². The molecular formula is C11H21ClN2O2. The highest BCUT2D eigenvalue weighted by molar-refractivity contribution is 6.18. The van der Waals surface area contributed by atoms with Gasteiger partial charge < -0.3 is 10.0 Å². The molecule has 4 nitrogen and oxygen atoms in total. The van der Waals surface area contributed by atoms with E-state index in [1.54, 1.807) is 13.8 Å². The van der Waals surface area contributed by atoms with Crippen LogP contribution in [0.1, 0.15) is 20.3 Å². The summed E-state index contributed by atoms with van der Waals surface area (Å²) in [5.41, 5.74) is -0.664. The molecule has 0 aliphatic carbocycles. The van der Waals surface area contributed by atoms with Crippen molar-refractivity contribution < 1.29 is 9.90 Å². The Kier molecular flexibility index (Phi) is 5.02. The van der Waals surface area contributed by atoms with Gasteiger partial charge in [-0.15, -0.1) is 11.6 Å². The fourth-order valence-corrected chi connectivity index (χ4v) is 2.10. The lowest BCUT2D eigenvalue weighted by Crippen LogP contribution is -2.52. The minimum absolute atomic E-state index is 0.137. The average Bonchev–Trinajstić information content (AvgIpc) is 2.16. The Labute approximate surface area is 102 Å². The molecule has 1 heterocycles. The maximum Gasteiger partial charge on any atom is 0.223 e. The molecule has 94 valence electrons. The molecule has 1 aliphatic heterocycles.